The molecule has 0 fully saturated rings. The van der Waals surface area contributed by atoms with Crippen LogP contribution in [0, 0.1) is 4.77 Å². The molecule has 2 aromatic heterocycles. The average molecular weight is 166 g/mol. The third kappa shape index (κ3) is 0.894. The largest absolute Gasteiger partial charge is 0.382 e. The van der Waals surface area contributed by atoms with Gasteiger partial charge < -0.3 is 15.7 Å². The normalized spacial score (nSPS) is 10.5. The molecule has 4 N–H and O–H groups in total. The highest BCUT2D eigenvalue weighted by Crippen LogP contribution is 2.13. The van der Waals surface area contributed by atoms with Crippen LogP contribution in [0.2, 0.25) is 0 Å². The Kier molecular flexibility index (Phi) is 1.19. The number of fused-ring (bicyclic) bond motifs is 1. The fourth-order valence-corrected chi connectivity index (χ4v) is 1.20. The van der Waals surface area contributed by atoms with E-state index in [-0.39, 0.29) is 0 Å². The van der Waals surface area contributed by atoms with Crippen LogP contribution in [0.3, 0.4) is 0 Å². The highest BCUT2D eigenvalue weighted by atomic mass is 32.1. The maximum absolute atomic E-state index is 5.57. The van der Waals surface area contributed by atoms with E-state index in [0.717, 1.165) is 11.0 Å². The molecule has 0 atom stereocenters. The molecule has 5 heteroatoms. The van der Waals surface area contributed by atoms with Crippen molar-refractivity contribution in [3.8, 4) is 0 Å². The van der Waals surface area contributed by atoms with Crippen molar-refractivity contribution >= 4 is 29.1 Å². The molecule has 0 aliphatic carbocycles. The van der Waals surface area contributed by atoms with Crippen LogP contribution in [0.5, 0.6) is 0 Å². The summed E-state index contributed by atoms with van der Waals surface area (Å²) in [6.45, 7) is 0. The van der Waals surface area contributed by atoms with Gasteiger partial charge in [-0.15, -0.1) is 0 Å². The molecular formula is C6H6N4S. The first-order valence-corrected chi connectivity index (χ1v) is 3.51. The fourth-order valence-electron chi connectivity index (χ4n) is 0.994. The van der Waals surface area contributed by atoms with E-state index in [1.807, 2.05) is 6.07 Å². The molecule has 0 unspecified atom stereocenters. The molecule has 0 amide bonds. The van der Waals surface area contributed by atoms with Crippen LogP contribution in [0.4, 0.5) is 5.82 Å². The SMILES string of the molecule is Nc1nc(=S)[nH]c2cc[nH]c12. The van der Waals surface area contributed by atoms with Crippen molar-refractivity contribution in [1.29, 1.82) is 0 Å². The van der Waals surface area contributed by atoms with E-state index in [1.54, 1.807) is 6.20 Å². The monoisotopic (exact) mass is 166 g/mol. The summed E-state index contributed by atoms with van der Waals surface area (Å²) in [6, 6.07) is 1.86. The van der Waals surface area contributed by atoms with Gasteiger partial charge >= 0.3 is 0 Å². The Morgan fingerprint density at radius 1 is 1.55 bits per heavy atom. The molecule has 2 heterocycles. The number of aromatic amines is 2. The van der Waals surface area contributed by atoms with Crippen LogP contribution in [0.15, 0.2) is 12.3 Å². The lowest BCUT2D eigenvalue weighted by Crippen LogP contribution is -1.93. The summed E-state index contributed by atoms with van der Waals surface area (Å²) >= 11 is 4.83. The van der Waals surface area contributed by atoms with Gasteiger partial charge in [0.05, 0.1) is 5.52 Å². The molecule has 11 heavy (non-hydrogen) atoms. The van der Waals surface area contributed by atoms with Gasteiger partial charge in [-0.05, 0) is 18.3 Å². The van der Waals surface area contributed by atoms with Crippen molar-refractivity contribution in [1.82, 2.24) is 15.0 Å². The number of nitrogen functional groups attached to an aromatic ring is 1. The fraction of sp³-hybridized carbons (Fsp3) is 0. The number of nitrogens with zero attached hydrogens (tertiary/aromatic N) is 1. The Morgan fingerprint density at radius 2 is 2.36 bits per heavy atom. The molecular weight excluding hydrogens is 160 g/mol. The van der Waals surface area contributed by atoms with Crippen LogP contribution in [-0.2, 0) is 0 Å². The third-order valence-corrected chi connectivity index (χ3v) is 1.66. The second-order valence-corrected chi connectivity index (χ2v) is 2.58. The summed E-state index contributed by atoms with van der Waals surface area (Å²) in [7, 11) is 0. The highest BCUT2D eigenvalue weighted by molar-refractivity contribution is 7.71. The predicted octanol–water partition coefficient (Wildman–Crippen LogP) is 1.20. The minimum Gasteiger partial charge on any atom is -0.382 e. The van der Waals surface area contributed by atoms with Gasteiger partial charge in [0, 0.05) is 6.20 Å². The Labute approximate surface area is 67.5 Å². The van der Waals surface area contributed by atoms with Crippen molar-refractivity contribution in [3.63, 3.8) is 0 Å². The van der Waals surface area contributed by atoms with Crippen molar-refractivity contribution in [2.75, 3.05) is 5.73 Å². The van der Waals surface area contributed by atoms with Crippen molar-refractivity contribution in [2.45, 2.75) is 0 Å². The Bertz CT molecular complexity index is 441. The smallest absolute Gasteiger partial charge is 0.199 e. The first kappa shape index (κ1) is 6.36. The minimum atomic E-state index is 0.412. The molecule has 0 spiro atoms. The van der Waals surface area contributed by atoms with Gasteiger partial charge in [-0.2, -0.15) is 0 Å². The zero-order valence-electron chi connectivity index (χ0n) is 5.59. The first-order chi connectivity index (χ1) is 5.27. The lowest BCUT2D eigenvalue weighted by Gasteiger charge is -1.93. The van der Waals surface area contributed by atoms with E-state index in [2.05, 4.69) is 15.0 Å². The zero-order valence-corrected chi connectivity index (χ0v) is 6.40. The number of nitrogens with two attached hydrogens (primary N) is 1. The first-order valence-electron chi connectivity index (χ1n) is 3.10. The van der Waals surface area contributed by atoms with Gasteiger partial charge in [0.1, 0.15) is 5.52 Å². The van der Waals surface area contributed by atoms with Crippen LogP contribution < -0.4 is 5.73 Å². The van der Waals surface area contributed by atoms with Gasteiger partial charge in [-0.25, -0.2) is 4.98 Å². The van der Waals surface area contributed by atoms with Crippen molar-refractivity contribution in [3.05, 3.63) is 17.0 Å². The van der Waals surface area contributed by atoms with E-state index >= 15 is 0 Å². The molecule has 0 aliphatic heterocycles. The second kappa shape index (κ2) is 2.06. The Balaban J connectivity index is 3.02. The number of anilines is 1. The van der Waals surface area contributed by atoms with Crippen LogP contribution in [0.25, 0.3) is 11.0 Å². The number of H-pyrrole nitrogens is 2. The average Bonchev–Trinajstić information content (AvgIpc) is 2.34. The molecule has 2 aromatic rings. The number of hydrogen-bond donors (Lipinski definition) is 3. The van der Waals surface area contributed by atoms with Crippen molar-refractivity contribution < 1.29 is 0 Å². The predicted molar refractivity (Wildman–Crippen MR) is 45.7 cm³/mol. The lowest BCUT2D eigenvalue weighted by atomic mass is 10.4. The molecule has 0 aliphatic rings. The molecule has 0 saturated heterocycles. The van der Waals surface area contributed by atoms with Crippen molar-refractivity contribution in [2.24, 2.45) is 0 Å². The highest BCUT2D eigenvalue weighted by Gasteiger charge is 1.98. The Hall–Kier alpha value is -1.36. The van der Waals surface area contributed by atoms with Gasteiger partial charge in [-0.1, -0.05) is 0 Å². The number of aromatic nitrogens is 3. The molecule has 0 aromatic carbocycles. The van der Waals surface area contributed by atoms with Crippen LogP contribution in [-0.4, -0.2) is 15.0 Å². The molecule has 56 valence electrons. The maximum atomic E-state index is 5.57. The maximum Gasteiger partial charge on any atom is 0.199 e. The summed E-state index contributed by atoms with van der Waals surface area (Å²) in [4.78, 5) is 9.73. The summed E-state index contributed by atoms with van der Waals surface area (Å²) in [5, 5.41) is 0. The summed E-state index contributed by atoms with van der Waals surface area (Å²) in [6.07, 6.45) is 1.79. The number of rotatable bonds is 0. The molecule has 4 nitrogen and oxygen atoms in total. The third-order valence-electron chi connectivity index (χ3n) is 1.47. The summed E-state index contributed by atoms with van der Waals surface area (Å²) in [5.41, 5.74) is 7.27. The quantitative estimate of drug-likeness (QED) is 0.515. The van der Waals surface area contributed by atoms with Gasteiger partial charge in [-0.3, -0.25) is 0 Å². The van der Waals surface area contributed by atoms with Gasteiger partial charge in [0.25, 0.3) is 0 Å². The van der Waals surface area contributed by atoms with Gasteiger partial charge in [0.15, 0.2) is 10.6 Å². The number of hydrogen-bond acceptors (Lipinski definition) is 3. The standard InChI is InChI=1S/C6H6N4S/c7-5-4-3(1-2-8-4)9-6(11)10-5/h1-2,8H,(H3,7,9,10,11). The van der Waals surface area contributed by atoms with E-state index in [4.69, 9.17) is 18.0 Å². The summed E-state index contributed by atoms with van der Waals surface area (Å²) < 4.78 is 0.412. The summed E-state index contributed by atoms with van der Waals surface area (Å²) in [5.74, 6) is 0.439. The second-order valence-electron chi connectivity index (χ2n) is 2.19. The lowest BCUT2D eigenvalue weighted by molar-refractivity contribution is 1.19. The van der Waals surface area contributed by atoms with E-state index in [0.29, 0.717) is 10.6 Å². The molecule has 2 rings (SSSR count). The molecule has 0 bridgehead atoms. The molecule has 0 saturated carbocycles. The van der Waals surface area contributed by atoms with Gasteiger partial charge in [0.2, 0.25) is 0 Å². The van der Waals surface area contributed by atoms with E-state index in [1.165, 1.54) is 0 Å². The topological polar surface area (TPSA) is 70.5 Å². The number of nitrogens with one attached hydrogen (secondary N) is 2. The molecule has 0 radical (unpaired) electrons. The van der Waals surface area contributed by atoms with E-state index in [9.17, 15) is 0 Å². The van der Waals surface area contributed by atoms with Crippen LogP contribution in [0.1, 0.15) is 0 Å². The minimum absolute atomic E-state index is 0.412. The van der Waals surface area contributed by atoms with Crippen LogP contribution >= 0.6 is 12.2 Å². The zero-order chi connectivity index (χ0) is 7.84. The Morgan fingerprint density at radius 3 is 3.18 bits per heavy atom. The van der Waals surface area contributed by atoms with E-state index < -0.39 is 0 Å².